The first-order valence-electron chi connectivity index (χ1n) is 23.5. The molecular formula is C47H88NO8P. The molecular weight excluding hydrogens is 737 g/mol. The number of rotatable bonds is 44. The van der Waals surface area contributed by atoms with Crippen molar-refractivity contribution >= 4 is 19.8 Å². The van der Waals surface area contributed by atoms with Crippen LogP contribution in [0.5, 0.6) is 0 Å². The summed E-state index contributed by atoms with van der Waals surface area (Å²) >= 11 is 0. The second-order valence-corrected chi connectivity index (χ2v) is 17.1. The molecule has 0 aromatic rings. The monoisotopic (exact) mass is 826 g/mol. The van der Waals surface area contributed by atoms with Gasteiger partial charge in [0.25, 0.3) is 0 Å². The SMILES string of the molecule is CCCCC/C=C/C/C=C/CCCCCCCCCCCC(=O)O[C@H](COC(=O)CCCCCCCCC/C=C/CCCCCCCC)COP(=O)(O)OCCN. The minimum absolute atomic E-state index is 0.0521. The van der Waals surface area contributed by atoms with E-state index in [4.69, 9.17) is 24.3 Å². The van der Waals surface area contributed by atoms with Gasteiger partial charge in [-0.3, -0.25) is 18.6 Å². The van der Waals surface area contributed by atoms with Crippen LogP contribution in [0, 0.1) is 0 Å². The molecule has 0 heterocycles. The van der Waals surface area contributed by atoms with E-state index in [2.05, 4.69) is 50.3 Å². The van der Waals surface area contributed by atoms with Gasteiger partial charge in [-0.05, 0) is 70.6 Å². The van der Waals surface area contributed by atoms with Crippen LogP contribution >= 0.6 is 7.82 Å². The topological polar surface area (TPSA) is 134 Å². The predicted octanol–water partition coefficient (Wildman–Crippen LogP) is 13.7. The summed E-state index contributed by atoms with van der Waals surface area (Å²) < 4.78 is 32.8. The number of ether oxygens (including phenoxy) is 2. The van der Waals surface area contributed by atoms with Crippen LogP contribution in [0.2, 0.25) is 0 Å². The summed E-state index contributed by atoms with van der Waals surface area (Å²) in [7, 11) is -4.38. The fraction of sp³-hybridized carbons (Fsp3) is 0.830. The van der Waals surface area contributed by atoms with E-state index in [0.29, 0.717) is 6.42 Å². The highest BCUT2D eigenvalue weighted by Gasteiger charge is 2.26. The largest absolute Gasteiger partial charge is 0.472 e. The van der Waals surface area contributed by atoms with Crippen molar-refractivity contribution in [1.29, 1.82) is 0 Å². The van der Waals surface area contributed by atoms with Gasteiger partial charge in [0.1, 0.15) is 6.61 Å². The van der Waals surface area contributed by atoms with Crippen molar-refractivity contribution in [2.45, 2.75) is 225 Å². The lowest BCUT2D eigenvalue weighted by Crippen LogP contribution is -2.29. The highest BCUT2D eigenvalue weighted by Crippen LogP contribution is 2.43. The van der Waals surface area contributed by atoms with E-state index >= 15 is 0 Å². The van der Waals surface area contributed by atoms with Crippen LogP contribution in [0.15, 0.2) is 36.5 Å². The number of carbonyl (C=O) groups is 2. The van der Waals surface area contributed by atoms with Crippen molar-refractivity contribution in [2.75, 3.05) is 26.4 Å². The van der Waals surface area contributed by atoms with E-state index < -0.39 is 26.5 Å². The average Bonchev–Trinajstić information content (AvgIpc) is 3.20. The van der Waals surface area contributed by atoms with Gasteiger partial charge in [0.05, 0.1) is 13.2 Å². The van der Waals surface area contributed by atoms with E-state index in [1.165, 1.54) is 122 Å². The van der Waals surface area contributed by atoms with Crippen LogP contribution in [0.4, 0.5) is 0 Å². The molecule has 9 nitrogen and oxygen atoms in total. The quantitative estimate of drug-likeness (QED) is 0.0266. The summed E-state index contributed by atoms with van der Waals surface area (Å²) in [5.74, 6) is -0.833. The molecule has 10 heteroatoms. The zero-order chi connectivity index (χ0) is 41.8. The van der Waals surface area contributed by atoms with Crippen LogP contribution in [-0.4, -0.2) is 49.3 Å². The Labute approximate surface area is 350 Å². The molecule has 0 radical (unpaired) electrons. The first-order valence-corrected chi connectivity index (χ1v) is 25.0. The Hall–Kier alpha value is -1.77. The molecule has 0 saturated heterocycles. The molecule has 0 spiro atoms. The van der Waals surface area contributed by atoms with Gasteiger partial charge in [-0.25, -0.2) is 4.57 Å². The molecule has 2 atom stereocenters. The molecule has 0 rings (SSSR count). The van der Waals surface area contributed by atoms with Gasteiger partial charge in [-0.15, -0.1) is 0 Å². The summed E-state index contributed by atoms with van der Waals surface area (Å²) in [6, 6.07) is 0. The lowest BCUT2D eigenvalue weighted by Gasteiger charge is -2.19. The van der Waals surface area contributed by atoms with Crippen LogP contribution in [0.25, 0.3) is 0 Å². The Balaban J connectivity index is 4.11. The number of hydrogen-bond donors (Lipinski definition) is 2. The van der Waals surface area contributed by atoms with Crippen molar-refractivity contribution in [3.05, 3.63) is 36.5 Å². The van der Waals surface area contributed by atoms with E-state index in [-0.39, 0.29) is 38.6 Å². The van der Waals surface area contributed by atoms with Gasteiger partial charge in [0.15, 0.2) is 6.10 Å². The molecule has 0 aliphatic heterocycles. The maximum Gasteiger partial charge on any atom is 0.472 e. The third kappa shape index (κ3) is 43.6. The first-order chi connectivity index (χ1) is 27.8. The molecule has 3 N–H and O–H groups in total. The molecule has 0 saturated carbocycles. The Kier molecular flexibility index (Phi) is 42.4. The highest BCUT2D eigenvalue weighted by molar-refractivity contribution is 7.47. The second kappa shape index (κ2) is 43.8. The van der Waals surface area contributed by atoms with E-state index in [1.807, 2.05) is 0 Å². The highest BCUT2D eigenvalue weighted by atomic mass is 31.2. The molecule has 0 fully saturated rings. The summed E-state index contributed by atoms with van der Waals surface area (Å²) in [4.78, 5) is 35.0. The molecule has 57 heavy (non-hydrogen) atoms. The molecule has 0 amide bonds. The zero-order valence-corrected chi connectivity index (χ0v) is 37.7. The Morgan fingerprint density at radius 1 is 0.526 bits per heavy atom. The molecule has 334 valence electrons. The summed E-state index contributed by atoms with van der Waals surface area (Å²) in [5.41, 5.74) is 5.36. The average molecular weight is 826 g/mol. The van der Waals surface area contributed by atoms with Crippen molar-refractivity contribution in [3.8, 4) is 0 Å². The lowest BCUT2D eigenvalue weighted by molar-refractivity contribution is -0.161. The van der Waals surface area contributed by atoms with Crippen molar-refractivity contribution in [1.82, 2.24) is 0 Å². The predicted molar refractivity (Wildman–Crippen MR) is 238 cm³/mol. The van der Waals surface area contributed by atoms with Gasteiger partial charge in [-0.2, -0.15) is 0 Å². The van der Waals surface area contributed by atoms with Crippen molar-refractivity contribution in [2.24, 2.45) is 5.73 Å². The summed E-state index contributed by atoms with van der Waals surface area (Å²) in [6.45, 7) is 3.71. The summed E-state index contributed by atoms with van der Waals surface area (Å²) in [5, 5.41) is 0. The van der Waals surface area contributed by atoms with Gasteiger partial charge in [-0.1, -0.05) is 172 Å². The number of carbonyl (C=O) groups excluding carboxylic acids is 2. The number of unbranched alkanes of at least 4 members (excludes halogenated alkanes) is 25. The fourth-order valence-corrected chi connectivity index (χ4v) is 7.25. The van der Waals surface area contributed by atoms with Crippen LogP contribution < -0.4 is 5.73 Å². The van der Waals surface area contributed by atoms with Gasteiger partial charge in [0, 0.05) is 19.4 Å². The molecule has 1 unspecified atom stereocenters. The summed E-state index contributed by atoms with van der Waals surface area (Å²) in [6.07, 6.45) is 48.8. The molecule has 0 aromatic carbocycles. The maximum atomic E-state index is 12.6. The Morgan fingerprint density at radius 2 is 0.912 bits per heavy atom. The first kappa shape index (κ1) is 55.2. The number of nitrogens with two attached hydrogens (primary N) is 1. The molecule has 0 aromatic heterocycles. The number of esters is 2. The normalized spacial score (nSPS) is 13.5. The van der Waals surface area contributed by atoms with Crippen molar-refractivity contribution in [3.63, 3.8) is 0 Å². The maximum absolute atomic E-state index is 12.6. The Bertz CT molecular complexity index is 1030. The molecule has 0 aliphatic rings. The fourth-order valence-electron chi connectivity index (χ4n) is 6.48. The minimum atomic E-state index is -4.38. The lowest BCUT2D eigenvalue weighted by atomic mass is 10.1. The van der Waals surface area contributed by atoms with E-state index in [0.717, 1.165) is 64.2 Å². The van der Waals surface area contributed by atoms with Crippen LogP contribution in [-0.2, 0) is 32.7 Å². The Morgan fingerprint density at radius 3 is 1.39 bits per heavy atom. The van der Waals surface area contributed by atoms with Gasteiger partial charge >= 0.3 is 19.8 Å². The standard InChI is InChI=1S/C47H88NO8P/c1-3-5-7-9-11-13-15-17-19-21-22-24-26-28-30-32-34-36-38-40-47(50)56-45(44-55-57(51,52)54-42-41-48)43-53-46(49)39-37-35-33-31-29-27-25-23-20-18-16-14-12-10-8-6-4-2/h11,13,17-20,45H,3-10,12,14-16,21-44,48H2,1-2H3,(H,51,52)/b13-11+,19-17+,20-18+/t45-/m1/s1. The van der Waals surface area contributed by atoms with Crippen LogP contribution in [0.1, 0.15) is 219 Å². The zero-order valence-electron chi connectivity index (χ0n) is 36.8. The van der Waals surface area contributed by atoms with E-state index in [1.54, 1.807) is 0 Å². The number of allylic oxidation sites excluding steroid dienone is 6. The molecule has 0 bridgehead atoms. The third-order valence-corrected chi connectivity index (χ3v) is 11.0. The number of hydrogen-bond acceptors (Lipinski definition) is 8. The third-order valence-electron chi connectivity index (χ3n) is 10.00. The van der Waals surface area contributed by atoms with Crippen molar-refractivity contribution < 1.29 is 37.6 Å². The van der Waals surface area contributed by atoms with Crippen LogP contribution in [0.3, 0.4) is 0 Å². The number of phosphoric ester groups is 1. The second-order valence-electron chi connectivity index (χ2n) is 15.6. The minimum Gasteiger partial charge on any atom is -0.462 e. The smallest absolute Gasteiger partial charge is 0.462 e. The number of phosphoric acid groups is 1. The molecule has 0 aliphatic carbocycles. The van der Waals surface area contributed by atoms with E-state index in [9.17, 15) is 19.0 Å². The van der Waals surface area contributed by atoms with Gasteiger partial charge in [0.2, 0.25) is 0 Å². The van der Waals surface area contributed by atoms with Gasteiger partial charge < -0.3 is 20.1 Å².